The summed E-state index contributed by atoms with van der Waals surface area (Å²) in [7, 11) is 1.94. The van der Waals surface area contributed by atoms with Gasteiger partial charge in [0.2, 0.25) is 0 Å². The lowest BCUT2D eigenvalue weighted by molar-refractivity contribution is 0.504. The molecular weight excluding hydrogens is 312 g/mol. The highest BCUT2D eigenvalue weighted by atomic mass is 35.5. The van der Waals surface area contributed by atoms with Gasteiger partial charge in [0.1, 0.15) is 0 Å². The van der Waals surface area contributed by atoms with Crippen molar-refractivity contribution in [3.63, 3.8) is 0 Å². The van der Waals surface area contributed by atoms with Crippen LogP contribution in [0.15, 0.2) is 0 Å². The highest BCUT2D eigenvalue weighted by Gasteiger charge is 2.32. The van der Waals surface area contributed by atoms with Crippen LogP contribution in [0.1, 0.15) is 25.2 Å². The standard InChI is InChI=1S/C13H23ClN4S2/c1-7-13(14)11(18(4)17-7)5-10(16-15)12-6-19-8(2)9(3)20-12/h8-10,12,16H,5-6,15H2,1-4H3. The largest absolute Gasteiger partial charge is 0.271 e. The van der Waals surface area contributed by atoms with Crippen molar-refractivity contribution in [1.82, 2.24) is 15.2 Å². The second-order valence-corrected chi connectivity index (χ2v) is 8.77. The van der Waals surface area contributed by atoms with Gasteiger partial charge in [0.05, 0.1) is 16.4 Å². The summed E-state index contributed by atoms with van der Waals surface area (Å²) in [4.78, 5) is 0. The number of hydrogen-bond donors (Lipinski definition) is 2. The molecule has 0 bridgehead atoms. The SMILES string of the molecule is Cc1nn(C)c(CC(NN)C2CSC(C)C(C)S2)c1Cl. The third-order valence-corrected chi connectivity index (χ3v) is 7.95. The summed E-state index contributed by atoms with van der Waals surface area (Å²) in [6.07, 6.45) is 0.812. The molecular formula is C13H23ClN4S2. The Morgan fingerprint density at radius 3 is 2.70 bits per heavy atom. The van der Waals surface area contributed by atoms with Crippen LogP contribution < -0.4 is 11.3 Å². The second-order valence-electron chi connectivity index (χ2n) is 5.37. The summed E-state index contributed by atoms with van der Waals surface area (Å²) < 4.78 is 1.87. The minimum absolute atomic E-state index is 0.217. The summed E-state index contributed by atoms with van der Waals surface area (Å²) >= 11 is 10.4. The van der Waals surface area contributed by atoms with E-state index < -0.39 is 0 Å². The Morgan fingerprint density at radius 2 is 2.20 bits per heavy atom. The fourth-order valence-electron chi connectivity index (χ4n) is 2.43. The summed E-state index contributed by atoms with van der Waals surface area (Å²) in [5.74, 6) is 6.92. The van der Waals surface area contributed by atoms with Gasteiger partial charge in [-0.1, -0.05) is 25.4 Å². The Kier molecular flexibility index (Phi) is 5.71. The van der Waals surface area contributed by atoms with Crippen LogP contribution in [0, 0.1) is 6.92 Å². The number of hydrazine groups is 1. The van der Waals surface area contributed by atoms with Gasteiger partial charge in [-0.05, 0) is 6.92 Å². The molecule has 3 N–H and O–H groups in total. The molecule has 0 aliphatic carbocycles. The van der Waals surface area contributed by atoms with Crippen LogP contribution in [0.3, 0.4) is 0 Å². The van der Waals surface area contributed by atoms with Gasteiger partial charge in [0.15, 0.2) is 0 Å². The summed E-state index contributed by atoms with van der Waals surface area (Å²) in [5, 5.41) is 7.00. The Labute approximate surface area is 134 Å². The van der Waals surface area contributed by atoms with Crippen LogP contribution in [0.4, 0.5) is 0 Å². The number of halogens is 1. The quantitative estimate of drug-likeness (QED) is 0.654. The van der Waals surface area contributed by atoms with Crippen LogP contribution in [-0.4, -0.2) is 37.3 Å². The molecule has 20 heavy (non-hydrogen) atoms. The van der Waals surface area contributed by atoms with Crippen molar-refractivity contribution >= 4 is 35.1 Å². The van der Waals surface area contributed by atoms with Gasteiger partial charge in [0.25, 0.3) is 0 Å². The highest BCUT2D eigenvalue weighted by molar-refractivity contribution is 8.07. The smallest absolute Gasteiger partial charge is 0.0847 e. The van der Waals surface area contributed by atoms with Crippen LogP contribution in [-0.2, 0) is 13.5 Å². The van der Waals surface area contributed by atoms with E-state index in [9.17, 15) is 0 Å². The first-order valence-corrected chi connectivity index (χ1v) is 9.22. The van der Waals surface area contributed by atoms with Crippen LogP contribution in [0.25, 0.3) is 0 Å². The van der Waals surface area contributed by atoms with E-state index in [0.717, 1.165) is 28.6 Å². The molecule has 2 heterocycles. The van der Waals surface area contributed by atoms with Crippen LogP contribution >= 0.6 is 35.1 Å². The number of nitrogens with two attached hydrogens (primary N) is 1. The van der Waals surface area contributed by atoms with Crippen molar-refractivity contribution in [1.29, 1.82) is 0 Å². The molecule has 0 spiro atoms. The Hall–Kier alpha value is 0.120. The minimum Gasteiger partial charge on any atom is -0.271 e. The average molecular weight is 335 g/mol. The van der Waals surface area contributed by atoms with Gasteiger partial charge in [-0.3, -0.25) is 16.0 Å². The van der Waals surface area contributed by atoms with E-state index in [4.69, 9.17) is 17.4 Å². The Bertz CT molecular complexity index is 465. The lowest BCUT2D eigenvalue weighted by Crippen LogP contribution is -2.48. The van der Waals surface area contributed by atoms with Crippen LogP contribution in [0.5, 0.6) is 0 Å². The Balaban J connectivity index is 2.09. The second kappa shape index (κ2) is 6.92. The maximum atomic E-state index is 6.34. The number of nitrogens with one attached hydrogen (secondary N) is 1. The van der Waals surface area contributed by atoms with Gasteiger partial charge in [0, 0.05) is 41.0 Å². The van der Waals surface area contributed by atoms with Crippen molar-refractivity contribution in [2.45, 2.75) is 49.0 Å². The molecule has 1 aromatic rings. The number of rotatable bonds is 4. The van der Waals surface area contributed by atoms with E-state index in [0.29, 0.717) is 15.7 Å². The van der Waals surface area contributed by atoms with Crippen molar-refractivity contribution in [3.8, 4) is 0 Å². The molecule has 1 saturated heterocycles. The summed E-state index contributed by atoms with van der Waals surface area (Å²) in [5.41, 5.74) is 4.93. The molecule has 114 valence electrons. The third kappa shape index (κ3) is 3.47. The lowest BCUT2D eigenvalue weighted by Gasteiger charge is -2.35. The van der Waals surface area contributed by atoms with Gasteiger partial charge in [-0.25, -0.2) is 0 Å². The lowest BCUT2D eigenvalue weighted by atomic mass is 10.1. The molecule has 0 aromatic carbocycles. The average Bonchev–Trinajstić information content (AvgIpc) is 2.65. The molecule has 7 heteroatoms. The summed E-state index contributed by atoms with van der Waals surface area (Å²) in [6.45, 7) is 6.53. The van der Waals surface area contributed by atoms with E-state index >= 15 is 0 Å². The van der Waals surface area contributed by atoms with Crippen molar-refractivity contribution in [2.24, 2.45) is 12.9 Å². The zero-order chi connectivity index (χ0) is 14.9. The van der Waals surface area contributed by atoms with Gasteiger partial charge < -0.3 is 0 Å². The van der Waals surface area contributed by atoms with Crippen LogP contribution in [0.2, 0.25) is 5.02 Å². The molecule has 0 amide bonds. The highest BCUT2D eigenvalue weighted by Crippen LogP contribution is 2.37. The molecule has 0 radical (unpaired) electrons. The normalized spacial score (nSPS) is 28.6. The predicted molar refractivity (Wildman–Crippen MR) is 90.5 cm³/mol. The fraction of sp³-hybridized carbons (Fsp3) is 0.769. The first kappa shape index (κ1) is 16.5. The molecule has 1 fully saturated rings. The summed E-state index contributed by atoms with van der Waals surface area (Å²) in [6, 6.07) is 0.217. The molecule has 1 aliphatic heterocycles. The molecule has 1 aliphatic rings. The van der Waals surface area contributed by atoms with E-state index in [1.165, 1.54) is 0 Å². The number of hydrogen-bond acceptors (Lipinski definition) is 5. The fourth-order valence-corrected chi connectivity index (χ4v) is 5.78. The van der Waals surface area contributed by atoms with E-state index in [1.807, 2.05) is 42.2 Å². The zero-order valence-electron chi connectivity index (χ0n) is 12.4. The number of thioether (sulfide) groups is 2. The number of nitrogens with zero attached hydrogens (tertiary/aromatic N) is 2. The molecule has 2 rings (SSSR count). The van der Waals surface area contributed by atoms with Crippen molar-refractivity contribution < 1.29 is 0 Å². The zero-order valence-corrected chi connectivity index (χ0v) is 14.8. The van der Waals surface area contributed by atoms with Crippen molar-refractivity contribution in [2.75, 3.05) is 5.75 Å². The topological polar surface area (TPSA) is 55.9 Å². The maximum Gasteiger partial charge on any atom is 0.0847 e. The molecule has 1 aromatic heterocycles. The first-order chi connectivity index (χ1) is 9.43. The maximum absolute atomic E-state index is 6.34. The van der Waals surface area contributed by atoms with Gasteiger partial charge >= 0.3 is 0 Å². The van der Waals surface area contributed by atoms with E-state index in [-0.39, 0.29) is 6.04 Å². The monoisotopic (exact) mass is 334 g/mol. The Morgan fingerprint density at radius 1 is 1.50 bits per heavy atom. The third-order valence-electron chi connectivity index (χ3n) is 3.91. The van der Waals surface area contributed by atoms with Gasteiger partial charge in [-0.2, -0.15) is 28.6 Å². The van der Waals surface area contributed by atoms with Crippen molar-refractivity contribution in [3.05, 3.63) is 16.4 Å². The molecule has 0 saturated carbocycles. The minimum atomic E-state index is 0.217. The molecule has 4 atom stereocenters. The molecule has 4 unspecified atom stereocenters. The predicted octanol–water partition coefficient (Wildman–Crippen LogP) is 2.38. The van der Waals surface area contributed by atoms with E-state index in [1.54, 1.807) is 0 Å². The molecule has 4 nitrogen and oxygen atoms in total. The number of aromatic nitrogens is 2. The van der Waals surface area contributed by atoms with E-state index in [2.05, 4.69) is 24.4 Å². The number of aryl methyl sites for hydroxylation is 2. The first-order valence-electron chi connectivity index (χ1n) is 6.85. The van der Waals surface area contributed by atoms with Gasteiger partial charge in [-0.15, -0.1) is 0 Å².